The summed E-state index contributed by atoms with van der Waals surface area (Å²) < 4.78 is 19.1. The number of likely N-dealkylation sites (tertiary alicyclic amines) is 1. The third-order valence-electron chi connectivity index (χ3n) is 6.63. The van der Waals surface area contributed by atoms with Crippen molar-refractivity contribution in [2.45, 2.75) is 38.6 Å². The molecule has 0 saturated carbocycles. The van der Waals surface area contributed by atoms with E-state index in [0.717, 1.165) is 57.9 Å². The molecule has 2 fully saturated rings. The molecule has 4 rings (SSSR count). The monoisotopic (exact) mass is 453 g/mol. The average Bonchev–Trinajstić information content (AvgIpc) is 3.09. The Morgan fingerprint density at radius 3 is 2.27 bits per heavy atom. The van der Waals surface area contributed by atoms with Crippen molar-refractivity contribution in [3.05, 3.63) is 65.5 Å². The van der Waals surface area contributed by atoms with Gasteiger partial charge in [0.25, 0.3) is 5.91 Å². The molecule has 0 aliphatic carbocycles. The number of hydrogen-bond acceptors (Lipinski definition) is 4. The Morgan fingerprint density at radius 1 is 0.788 bits per heavy atom. The Kier molecular flexibility index (Phi) is 8.72. The zero-order chi connectivity index (χ0) is 22.9. The first-order valence-corrected chi connectivity index (χ1v) is 12.4. The van der Waals surface area contributed by atoms with Crippen LogP contribution in [-0.2, 0) is 6.54 Å². The Bertz CT molecular complexity index is 866. The molecule has 2 aliphatic heterocycles. The van der Waals surface area contributed by atoms with Crippen LogP contribution in [-0.4, -0.2) is 73.0 Å². The van der Waals surface area contributed by atoms with Gasteiger partial charge in [0.1, 0.15) is 11.6 Å². The van der Waals surface area contributed by atoms with E-state index >= 15 is 0 Å². The fourth-order valence-electron chi connectivity index (χ4n) is 4.72. The maximum atomic E-state index is 13.1. The highest BCUT2D eigenvalue weighted by Crippen LogP contribution is 2.16. The Hall–Kier alpha value is -2.44. The van der Waals surface area contributed by atoms with Crippen LogP contribution in [0.15, 0.2) is 48.5 Å². The molecule has 0 aromatic heterocycles. The number of rotatable bonds is 8. The second-order valence-corrected chi connectivity index (χ2v) is 9.18. The molecule has 0 bridgehead atoms. The molecule has 0 unspecified atom stereocenters. The summed E-state index contributed by atoms with van der Waals surface area (Å²) in [6.07, 6.45) is 6.06. The van der Waals surface area contributed by atoms with Crippen molar-refractivity contribution in [2.24, 2.45) is 0 Å². The molecule has 0 N–H and O–H groups in total. The van der Waals surface area contributed by atoms with Gasteiger partial charge in [0.15, 0.2) is 0 Å². The van der Waals surface area contributed by atoms with Crippen molar-refractivity contribution in [1.29, 1.82) is 0 Å². The van der Waals surface area contributed by atoms with Crippen LogP contribution in [0, 0.1) is 5.82 Å². The van der Waals surface area contributed by atoms with Gasteiger partial charge in [-0.15, -0.1) is 0 Å². The molecule has 5 nitrogen and oxygen atoms in total. The van der Waals surface area contributed by atoms with Crippen LogP contribution in [0.25, 0.3) is 0 Å². The van der Waals surface area contributed by atoms with Crippen molar-refractivity contribution in [2.75, 3.05) is 52.4 Å². The number of piperidine rings is 1. The normalized spacial score (nSPS) is 18.2. The van der Waals surface area contributed by atoms with Gasteiger partial charge in [0.05, 0.1) is 6.61 Å². The maximum Gasteiger partial charge on any atom is 0.253 e. The van der Waals surface area contributed by atoms with Crippen LogP contribution in [0.3, 0.4) is 0 Å². The molecule has 2 aromatic rings. The molecule has 178 valence electrons. The first-order chi connectivity index (χ1) is 16.2. The van der Waals surface area contributed by atoms with Gasteiger partial charge in [-0.2, -0.15) is 0 Å². The molecule has 0 spiro atoms. The third-order valence-corrected chi connectivity index (χ3v) is 6.63. The van der Waals surface area contributed by atoms with Gasteiger partial charge in [-0.3, -0.25) is 9.69 Å². The van der Waals surface area contributed by atoms with Crippen molar-refractivity contribution < 1.29 is 13.9 Å². The van der Waals surface area contributed by atoms with E-state index in [1.54, 1.807) is 12.1 Å². The van der Waals surface area contributed by atoms with Crippen LogP contribution >= 0.6 is 0 Å². The molecule has 33 heavy (non-hydrogen) atoms. The van der Waals surface area contributed by atoms with E-state index < -0.39 is 0 Å². The average molecular weight is 454 g/mol. The van der Waals surface area contributed by atoms with Crippen molar-refractivity contribution in [3.8, 4) is 5.75 Å². The van der Waals surface area contributed by atoms with Gasteiger partial charge in [-0.05, 0) is 80.7 Å². The molecule has 2 aromatic carbocycles. The van der Waals surface area contributed by atoms with Crippen LogP contribution in [0.4, 0.5) is 4.39 Å². The van der Waals surface area contributed by atoms with E-state index in [4.69, 9.17) is 4.74 Å². The first kappa shape index (κ1) is 23.7. The van der Waals surface area contributed by atoms with Gasteiger partial charge in [0, 0.05) is 44.8 Å². The molecular weight excluding hydrogens is 417 g/mol. The Balaban J connectivity index is 1.19. The van der Waals surface area contributed by atoms with Gasteiger partial charge in [-0.1, -0.05) is 18.6 Å². The lowest BCUT2D eigenvalue weighted by Crippen LogP contribution is -2.35. The number of carbonyl (C=O) groups excluding carboxylic acids is 1. The van der Waals surface area contributed by atoms with E-state index in [1.807, 2.05) is 4.90 Å². The first-order valence-electron chi connectivity index (χ1n) is 12.4. The number of ether oxygens (including phenoxy) is 1. The van der Waals surface area contributed by atoms with E-state index in [0.29, 0.717) is 12.1 Å². The standard InChI is InChI=1S/C27H36FN3O2/c28-25-10-8-24(9-11-25)27(32)31-18-4-16-30(19-20-31)22-23-6-12-26(13-7-23)33-21-5-17-29-14-2-1-3-15-29/h6-13H,1-5,14-22H2. The predicted molar refractivity (Wildman–Crippen MR) is 129 cm³/mol. The Morgan fingerprint density at radius 2 is 1.52 bits per heavy atom. The summed E-state index contributed by atoms with van der Waals surface area (Å²) in [6, 6.07) is 14.3. The Labute approximate surface area is 197 Å². The summed E-state index contributed by atoms with van der Waals surface area (Å²) in [5, 5.41) is 0. The summed E-state index contributed by atoms with van der Waals surface area (Å²) in [5.41, 5.74) is 1.81. The largest absolute Gasteiger partial charge is 0.494 e. The number of benzene rings is 2. The summed E-state index contributed by atoms with van der Waals surface area (Å²) in [7, 11) is 0. The molecule has 2 aliphatic rings. The second-order valence-electron chi connectivity index (χ2n) is 9.18. The molecule has 6 heteroatoms. The smallest absolute Gasteiger partial charge is 0.253 e. The SMILES string of the molecule is O=C(c1ccc(F)cc1)N1CCCN(Cc2ccc(OCCCN3CCCCC3)cc2)CC1. The van der Waals surface area contributed by atoms with Gasteiger partial charge >= 0.3 is 0 Å². The van der Waals surface area contributed by atoms with Crippen LogP contribution in [0.2, 0.25) is 0 Å². The summed E-state index contributed by atoms with van der Waals surface area (Å²) in [6.45, 7) is 8.46. The molecule has 1 amide bonds. The van der Waals surface area contributed by atoms with Gasteiger partial charge in [-0.25, -0.2) is 4.39 Å². The fraction of sp³-hybridized carbons (Fsp3) is 0.519. The molecule has 2 saturated heterocycles. The summed E-state index contributed by atoms with van der Waals surface area (Å²) >= 11 is 0. The summed E-state index contributed by atoms with van der Waals surface area (Å²) in [5.74, 6) is 0.602. The number of amides is 1. The lowest BCUT2D eigenvalue weighted by atomic mass is 10.1. The number of carbonyl (C=O) groups is 1. The van der Waals surface area contributed by atoms with Crippen LogP contribution in [0.1, 0.15) is 48.0 Å². The van der Waals surface area contributed by atoms with Crippen molar-refractivity contribution in [1.82, 2.24) is 14.7 Å². The van der Waals surface area contributed by atoms with E-state index in [9.17, 15) is 9.18 Å². The lowest BCUT2D eigenvalue weighted by molar-refractivity contribution is 0.0761. The predicted octanol–water partition coefficient (Wildman–Crippen LogP) is 4.43. The highest BCUT2D eigenvalue weighted by Gasteiger charge is 2.20. The molecular formula is C27H36FN3O2. The van der Waals surface area contributed by atoms with Crippen molar-refractivity contribution in [3.63, 3.8) is 0 Å². The van der Waals surface area contributed by atoms with E-state index in [2.05, 4.69) is 34.1 Å². The highest BCUT2D eigenvalue weighted by atomic mass is 19.1. The maximum absolute atomic E-state index is 13.1. The molecule has 0 radical (unpaired) electrons. The highest BCUT2D eigenvalue weighted by molar-refractivity contribution is 5.94. The molecule has 0 atom stereocenters. The second kappa shape index (κ2) is 12.1. The number of nitrogens with zero attached hydrogens (tertiary/aromatic N) is 3. The molecule has 2 heterocycles. The zero-order valence-electron chi connectivity index (χ0n) is 19.6. The summed E-state index contributed by atoms with van der Waals surface area (Å²) in [4.78, 5) is 19.6. The van der Waals surface area contributed by atoms with E-state index in [1.165, 1.54) is 50.0 Å². The fourth-order valence-corrected chi connectivity index (χ4v) is 4.72. The minimum atomic E-state index is -0.317. The quantitative estimate of drug-likeness (QED) is 0.554. The van der Waals surface area contributed by atoms with Crippen LogP contribution < -0.4 is 4.74 Å². The van der Waals surface area contributed by atoms with Crippen molar-refractivity contribution >= 4 is 5.91 Å². The van der Waals surface area contributed by atoms with Crippen LogP contribution in [0.5, 0.6) is 5.75 Å². The van der Waals surface area contributed by atoms with Gasteiger partial charge in [0.2, 0.25) is 0 Å². The third kappa shape index (κ3) is 7.27. The lowest BCUT2D eigenvalue weighted by Gasteiger charge is -2.26. The zero-order valence-corrected chi connectivity index (χ0v) is 19.6. The minimum absolute atomic E-state index is 0.0151. The topological polar surface area (TPSA) is 36.0 Å². The van der Waals surface area contributed by atoms with Gasteiger partial charge < -0.3 is 14.5 Å². The van der Waals surface area contributed by atoms with E-state index in [-0.39, 0.29) is 11.7 Å². The number of halogens is 1. The minimum Gasteiger partial charge on any atom is -0.494 e. The number of hydrogen-bond donors (Lipinski definition) is 0.